The number of carbonyl (C=O) groups is 2. The van der Waals surface area contributed by atoms with Gasteiger partial charge in [-0.2, -0.15) is 0 Å². The summed E-state index contributed by atoms with van der Waals surface area (Å²) in [6, 6.07) is 2.46. The molecule has 1 rings (SSSR count). The molecule has 3 N–H and O–H groups in total. The van der Waals surface area contributed by atoms with E-state index in [0.29, 0.717) is 0 Å². The minimum atomic E-state index is -1.46. The number of benzene rings is 1. The van der Waals surface area contributed by atoms with Crippen molar-refractivity contribution in [1.82, 2.24) is 5.32 Å². The Hall–Kier alpha value is -1.47. The normalized spacial score (nSPS) is 11.9. The van der Waals surface area contributed by atoms with Crippen molar-refractivity contribution in [2.75, 3.05) is 6.61 Å². The highest BCUT2D eigenvalue weighted by Gasteiger charge is 2.22. The van der Waals surface area contributed by atoms with Gasteiger partial charge in [0, 0.05) is 4.47 Å². The molecule has 0 fully saturated rings. The van der Waals surface area contributed by atoms with Crippen LogP contribution in [0.25, 0.3) is 0 Å². The second-order valence-electron chi connectivity index (χ2n) is 3.14. The fourth-order valence-electron chi connectivity index (χ4n) is 1.13. The first-order valence-corrected chi connectivity index (χ1v) is 5.35. The summed E-state index contributed by atoms with van der Waals surface area (Å²) < 4.78 is 13.6. The third kappa shape index (κ3) is 3.24. The molecule has 1 aromatic carbocycles. The van der Waals surface area contributed by atoms with Crippen LogP contribution in [-0.2, 0) is 4.79 Å². The summed E-state index contributed by atoms with van der Waals surface area (Å²) in [4.78, 5) is 22.2. The van der Waals surface area contributed by atoms with Gasteiger partial charge in [-0.3, -0.25) is 4.79 Å². The molecule has 1 atom stereocenters. The van der Waals surface area contributed by atoms with E-state index in [1.165, 1.54) is 12.1 Å². The first-order valence-electron chi connectivity index (χ1n) is 4.56. The lowest BCUT2D eigenvalue weighted by Gasteiger charge is -2.12. The van der Waals surface area contributed by atoms with Crippen LogP contribution in [0.15, 0.2) is 22.7 Å². The molecule has 0 aromatic heterocycles. The van der Waals surface area contributed by atoms with Crippen LogP contribution in [-0.4, -0.2) is 34.7 Å². The highest BCUT2D eigenvalue weighted by molar-refractivity contribution is 9.10. The van der Waals surface area contributed by atoms with Crippen LogP contribution in [0.2, 0.25) is 0 Å². The van der Waals surface area contributed by atoms with Gasteiger partial charge in [-0.25, -0.2) is 9.18 Å². The SMILES string of the molecule is O=C(NC(CO)C(=O)O)c1c(F)cccc1Br. The standard InChI is InChI=1S/C10H9BrFNO4/c11-5-2-1-3-6(12)8(5)9(15)13-7(4-14)10(16)17/h1-3,7,14H,4H2,(H,13,15)(H,16,17). The minimum Gasteiger partial charge on any atom is -0.480 e. The lowest BCUT2D eigenvalue weighted by Crippen LogP contribution is -2.43. The number of hydrogen-bond donors (Lipinski definition) is 3. The van der Waals surface area contributed by atoms with E-state index < -0.39 is 30.3 Å². The van der Waals surface area contributed by atoms with Crippen LogP contribution in [0.3, 0.4) is 0 Å². The summed E-state index contributed by atoms with van der Waals surface area (Å²) in [6.45, 7) is -0.771. The average Bonchev–Trinajstić information content (AvgIpc) is 2.25. The number of aliphatic hydroxyl groups excluding tert-OH is 1. The Kier molecular flexibility index (Phi) is 4.59. The molecule has 0 bridgehead atoms. The van der Waals surface area contributed by atoms with Gasteiger partial charge in [0.05, 0.1) is 12.2 Å². The van der Waals surface area contributed by atoms with E-state index in [2.05, 4.69) is 15.9 Å². The Morgan fingerprint density at radius 1 is 1.47 bits per heavy atom. The van der Waals surface area contributed by atoms with Crippen molar-refractivity contribution < 1.29 is 24.2 Å². The molecule has 1 unspecified atom stereocenters. The number of hydrogen-bond acceptors (Lipinski definition) is 3. The van der Waals surface area contributed by atoms with Crippen LogP contribution in [0.4, 0.5) is 4.39 Å². The third-order valence-corrected chi connectivity index (χ3v) is 2.64. The summed E-state index contributed by atoms with van der Waals surface area (Å²) in [6.07, 6.45) is 0. The average molecular weight is 306 g/mol. The Labute approximate surface area is 104 Å². The molecule has 1 aromatic rings. The number of aliphatic carboxylic acids is 1. The van der Waals surface area contributed by atoms with Crippen molar-refractivity contribution in [1.29, 1.82) is 0 Å². The van der Waals surface area contributed by atoms with Crippen LogP contribution in [0.1, 0.15) is 10.4 Å². The highest BCUT2D eigenvalue weighted by atomic mass is 79.9. The molecule has 0 aliphatic rings. The van der Waals surface area contributed by atoms with E-state index in [9.17, 15) is 14.0 Å². The van der Waals surface area contributed by atoms with Crippen molar-refractivity contribution in [3.8, 4) is 0 Å². The van der Waals surface area contributed by atoms with Gasteiger partial charge in [0.2, 0.25) is 0 Å². The predicted molar refractivity (Wildman–Crippen MR) is 60.1 cm³/mol. The summed E-state index contributed by atoms with van der Waals surface area (Å²) >= 11 is 2.99. The zero-order valence-corrected chi connectivity index (χ0v) is 10.1. The Morgan fingerprint density at radius 3 is 2.59 bits per heavy atom. The number of amides is 1. The molecule has 0 aliphatic heterocycles. The fraction of sp³-hybridized carbons (Fsp3) is 0.200. The molecule has 0 spiro atoms. The molecule has 0 heterocycles. The summed E-state index contributed by atoms with van der Waals surface area (Å²) in [5.41, 5.74) is -0.299. The quantitative estimate of drug-likeness (QED) is 0.766. The Bertz CT molecular complexity index is 432. The second-order valence-corrected chi connectivity index (χ2v) is 4.00. The molecular weight excluding hydrogens is 297 g/mol. The van der Waals surface area contributed by atoms with Gasteiger partial charge in [0.1, 0.15) is 5.82 Å². The van der Waals surface area contributed by atoms with Crippen LogP contribution < -0.4 is 5.32 Å². The topological polar surface area (TPSA) is 86.6 Å². The lowest BCUT2D eigenvalue weighted by molar-refractivity contribution is -0.140. The lowest BCUT2D eigenvalue weighted by atomic mass is 10.2. The Morgan fingerprint density at radius 2 is 2.12 bits per heavy atom. The monoisotopic (exact) mass is 305 g/mol. The van der Waals surface area contributed by atoms with Crippen LogP contribution in [0.5, 0.6) is 0 Å². The number of carboxylic acids is 1. The largest absolute Gasteiger partial charge is 0.480 e. The molecule has 7 heteroatoms. The fourth-order valence-corrected chi connectivity index (χ4v) is 1.65. The van der Waals surface area contributed by atoms with E-state index in [0.717, 1.165) is 6.07 Å². The van der Waals surface area contributed by atoms with E-state index >= 15 is 0 Å². The first-order chi connectivity index (χ1) is 7.97. The van der Waals surface area contributed by atoms with Crippen LogP contribution in [0, 0.1) is 5.82 Å². The molecule has 5 nitrogen and oxygen atoms in total. The van der Waals surface area contributed by atoms with Crippen molar-refractivity contribution in [3.63, 3.8) is 0 Å². The number of rotatable bonds is 4. The highest BCUT2D eigenvalue weighted by Crippen LogP contribution is 2.19. The molecule has 0 saturated carbocycles. The van der Waals surface area contributed by atoms with Crippen molar-refractivity contribution in [3.05, 3.63) is 34.1 Å². The smallest absolute Gasteiger partial charge is 0.328 e. The van der Waals surface area contributed by atoms with Gasteiger partial charge in [-0.1, -0.05) is 6.07 Å². The van der Waals surface area contributed by atoms with Gasteiger partial charge in [-0.05, 0) is 28.1 Å². The third-order valence-electron chi connectivity index (χ3n) is 1.98. The summed E-state index contributed by atoms with van der Waals surface area (Å²) in [5.74, 6) is -3.08. The van der Waals surface area contributed by atoms with Gasteiger partial charge in [0.15, 0.2) is 6.04 Å². The molecule has 0 aliphatic carbocycles. The Balaban J connectivity index is 2.94. The van der Waals surface area contributed by atoms with Crippen molar-refractivity contribution in [2.45, 2.75) is 6.04 Å². The van der Waals surface area contributed by atoms with Gasteiger partial charge in [0.25, 0.3) is 5.91 Å². The van der Waals surface area contributed by atoms with Gasteiger partial charge >= 0.3 is 5.97 Å². The van der Waals surface area contributed by atoms with Gasteiger partial charge < -0.3 is 15.5 Å². The van der Waals surface area contributed by atoms with E-state index in [1.807, 2.05) is 5.32 Å². The summed E-state index contributed by atoms with van der Waals surface area (Å²) in [7, 11) is 0. The van der Waals surface area contributed by atoms with Crippen molar-refractivity contribution in [2.24, 2.45) is 0 Å². The molecule has 1 amide bonds. The summed E-state index contributed by atoms with van der Waals surface area (Å²) in [5, 5.41) is 19.4. The van der Waals surface area contributed by atoms with Gasteiger partial charge in [-0.15, -0.1) is 0 Å². The van der Waals surface area contributed by atoms with Crippen LogP contribution >= 0.6 is 15.9 Å². The molecule has 92 valence electrons. The van der Waals surface area contributed by atoms with E-state index in [-0.39, 0.29) is 10.0 Å². The number of aliphatic hydroxyl groups is 1. The molecular formula is C10H9BrFNO4. The molecule has 17 heavy (non-hydrogen) atoms. The maximum absolute atomic E-state index is 13.4. The zero-order chi connectivity index (χ0) is 13.0. The number of carbonyl (C=O) groups excluding carboxylic acids is 1. The molecule has 0 radical (unpaired) electrons. The predicted octanol–water partition coefficient (Wildman–Crippen LogP) is 0.763. The number of halogens is 2. The van der Waals surface area contributed by atoms with Crippen molar-refractivity contribution >= 4 is 27.8 Å². The molecule has 0 saturated heterocycles. The minimum absolute atomic E-state index is 0.206. The maximum Gasteiger partial charge on any atom is 0.328 e. The number of nitrogens with one attached hydrogen (secondary N) is 1. The second kappa shape index (κ2) is 5.74. The van der Waals surface area contributed by atoms with E-state index in [4.69, 9.17) is 10.2 Å². The maximum atomic E-state index is 13.4. The zero-order valence-electron chi connectivity index (χ0n) is 8.48. The van der Waals surface area contributed by atoms with E-state index in [1.54, 1.807) is 0 Å². The number of carboxylic acid groups (broad SMARTS) is 1. The first kappa shape index (κ1) is 13.6.